The minimum absolute atomic E-state index is 0.136. The molecule has 2 aliphatic rings. The van der Waals surface area contributed by atoms with Gasteiger partial charge in [-0.1, -0.05) is 78.9 Å². The van der Waals surface area contributed by atoms with Crippen LogP contribution in [-0.4, -0.2) is 16.7 Å². The second-order valence-electron chi connectivity index (χ2n) is 7.87. The van der Waals surface area contributed by atoms with Gasteiger partial charge in [-0.05, 0) is 23.3 Å². The number of carbonyl (C=O) groups excluding carboxylic acids is 2. The van der Waals surface area contributed by atoms with Gasteiger partial charge in [0.1, 0.15) is 11.5 Å². The maximum atomic E-state index is 13.7. The standard InChI is InChI=1S/C27H20N4O2/c28-16-21-22(19-12-6-2-7-13-19)23-24(31(25(21)29)20-14-8-3-9-15-20)27(33)30(26(23)32)17-18-10-4-1-5-11-18/h1-15,22H,17,29H2. The molecule has 0 spiro atoms. The van der Waals surface area contributed by atoms with Gasteiger partial charge in [0.25, 0.3) is 11.8 Å². The lowest BCUT2D eigenvalue weighted by Crippen LogP contribution is -2.37. The fourth-order valence-corrected chi connectivity index (χ4v) is 4.45. The number of imide groups is 1. The minimum atomic E-state index is -0.719. The van der Waals surface area contributed by atoms with E-state index in [4.69, 9.17) is 5.73 Å². The van der Waals surface area contributed by atoms with Crippen LogP contribution < -0.4 is 10.6 Å². The monoisotopic (exact) mass is 432 g/mol. The summed E-state index contributed by atoms with van der Waals surface area (Å²) in [6.07, 6.45) is 0. The van der Waals surface area contributed by atoms with E-state index >= 15 is 0 Å². The highest BCUT2D eigenvalue weighted by molar-refractivity contribution is 6.22. The van der Waals surface area contributed by atoms with Crippen molar-refractivity contribution in [3.8, 4) is 6.07 Å². The number of nitriles is 1. The summed E-state index contributed by atoms with van der Waals surface area (Å²) in [4.78, 5) is 30.2. The van der Waals surface area contributed by atoms with E-state index in [-0.39, 0.29) is 29.2 Å². The summed E-state index contributed by atoms with van der Waals surface area (Å²) in [5.41, 5.74) is 9.43. The van der Waals surface area contributed by atoms with Gasteiger partial charge in [0.15, 0.2) is 0 Å². The van der Waals surface area contributed by atoms with Gasteiger partial charge >= 0.3 is 0 Å². The normalized spacial score (nSPS) is 18.0. The van der Waals surface area contributed by atoms with Crippen LogP contribution >= 0.6 is 0 Å². The first-order chi connectivity index (χ1) is 16.1. The maximum Gasteiger partial charge on any atom is 0.278 e. The molecule has 3 aromatic carbocycles. The molecule has 0 saturated heterocycles. The van der Waals surface area contributed by atoms with Crippen molar-refractivity contribution in [1.29, 1.82) is 5.26 Å². The molecule has 0 aromatic heterocycles. The summed E-state index contributed by atoms with van der Waals surface area (Å²) < 4.78 is 0. The number of nitrogens with two attached hydrogens (primary N) is 1. The number of amides is 2. The average Bonchev–Trinajstić information content (AvgIpc) is 3.09. The summed E-state index contributed by atoms with van der Waals surface area (Å²) in [6, 6.07) is 29.9. The number of para-hydroxylation sites is 1. The molecule has 1 atom stereocenters. The summed E-state index contributed by atoms with van der Waals surface area (Å²) in [7, 11) is 0. The van der Waals surface area contributed by atoms with Crippen LogP contribution in [-0.2, 0) is 16.1 Å². The van der Waals surface area contributed by atoms with E-state index < -0.39 is 17.7 Å². The number of rotatable bonds is 4. The second kappa shape index (κ2) is 8.13. The van der Waals surface area contributed by atoms with Crippen molar-refractivity contribution in [1.82, 2.24) is 4.90 Å². The van der Waals surface area contributed by atoms with Crippen molar-refractivity contribution in [2.24, 2.45) is 5.73 Å². The summed E-state index contributed by atoms with van der Waals surface area (Å²) >= 11 is 0. The molecule has 0 bridgehead atoms. The van der Waals surface area contributed by atoms with Crippen molar-refractivity contribution < 1.29 is 9.59 Å². The molecular formula is C27H20N4O2. The molecule has 0 saturated carbocycles. The van der Waals surface area contributed by atoms with Crippen LogP contribution in [0.2, 0.25) is 0 Å². The Hall–Kier alpha value is -4.63. The first kappa shape index (κ1) is 20.3. The van der Waals surface area contributed by atoms with Crippen LogP contribution in [0.1, 0.15) is 17.0 Å². The number of benzene rings is 3. The number of hydrogen-bond acceptors (Lipinski definition) is 5. The van der Waals surface area contributed by atoms with E-state index in [1.165, 1.54) is 4.90 Å². The molecule has 0 radical (unpaired) electrons. The van der Waals surface area contributed by atoms with E-state index in [9.17, 15) is 14.9 Å². The van der Waals surface area contributed by atoms with Gasteiger partial charge in [-0.2, -0.15) is 5.26 Å². The largest absolute Gasteiger partial charge is 0.384 e. The SMILES string of the molecule is N#CC1=C(N)N(c2ccccc2)C2=C(C(=O)N(Cc3ccccc3)C2=O)C1c1ccccc1. The molecule has 0 aliphatic carbocycles. The zero-order chi connectivity index (χ0) is 22.9. The Morgan fingerprint density at radius 3 is 2.00 bits per heavy atom. The van der Waals surface area contributed by atoms with E-state index in [1.54, 1.807) is 17.0 Å². The topological polar surface area (TPSA) is 90.4 Å². The van der Waals surface area contributed by atoms with Gasteiger partial charge in [0, 0.05) is 5.69 Å². The number of nitrogens with zero attached hydrogens (tertiary/aromatic N) is 3. The minimum Gasteiger partial charge on any atom is -0.384 e. The molecule has 2 N–H and O–H groups in total. The number of anilines is 1. The second-order valence-corrected chi connectivity index (χ2v) is 7.87. The molecule has 160 valence electrons. The zero-order valence-corrected chi connectivity index (χ0v) is 17.7. The van der Waals surface area contributed by atoms with Gasteiger partial charge in [-0.15, -0.1) is 0 Å². The molecule has 2 aliphatic heterocycles. The molecule has 6 nitrogen and oxygen atoms in total. The molecule has 5 rings (SSSR count). The Labute approximate surface area is 191 Å². The molecular weight excluding hydrogens is 412 g/mol. The summed E-state index contributed by atoms with van der Waals surface area (Å²) in [5, 5.41) is 10.1. The highest BCUT2D eigenvalue weighted by Crippen LogP contribution is 2.46. The molecule has 1 unspecified atom stereocenters. The number of allylic oxidation sites excluding steroid dienone is 1. The maximum absolute atomic E-state index is 13.7. The van der Waals surface area contributed by atoms with Gasteiger partial charge in [-0.3, -0.25) is 19.4 Å². The Morgan fingerprint density at radius 1 is 0.818 bits per heavy atom. The predicted molar refractivity (Wildman–Crippen MR) is 124 cm³/mol. The average molecular weight is 432 g/mol. The molecule has 2 heterocycles. The molecule has 2 amide bonds. The highest BCUT2D eigenvalue weighted by atomic mass is 16.2. The molecule has 3 aromatic rings. The third kappa shape index (κ3) is 3.27. The van der Waals surface area contributed by atoms with E-state index in [0.29, 0.717) is 5.69 Å². The van der Waals surface area contributed by atoms with Crippen LogP contribution in [0, 0.1) is 11.3 Å². The Balaban J connectivity index is 1.70. The van der Waals surface area contributed by atoms with Crippen molar-refractivity contribution in [3.63, 3.8) is 0 Å². The van der Waals surface area contributed by atoms with Crippen molar-refractivity contribution in [2.75, 3.05) is 4.90 Å². The van der Waals surface area contributed by atoms with Crippen molar-refractivity contribution >= 4 is 17.5 Å². The van der Waals surface area contributed by atoms with Crippen molar-refractivity contribution in [3.05, 3.63) is 125 Å². The van der Waals surface area contributed by atoms with Gasteiger partial charge in [0.05, 0.1) is 29.7 Å². The van der Waals surface area contributed by atoms with Crippen LogP contribution in [0.15, 0.2) is 114 Å². The van der Waals surface area contributed by atoms with Crippen LogP contribution in [0.4, 0.5) is 5.69 Å². The lowest BCUT2D eigenvalue weighted by molar-refractivity contribution is -0.138. The Bertz CT molecular complexity index is 1340. The Kier molecular flexibility index (Phi) is 5.00. The molecule has 0 fully saturated rings. The Morgan fingerprint density at radius 2 is 1.39 bits per heavy atom. The summed E-state index contributed by atoms with van der Waals surface area (Å²) in [6.45, 7) is 0.136. The van der Waals surface area contributed by atoms with Crippen LogP contribution in [0.25, 0.3) is 0 Å². The van der Waals surface area contributed by atoms with Gasteiger partial charge in [0.2, 0.25) is 0 Å². The van der Waals surface area contributed by atoms with Crippen LogP contribution in [0.5, 0.6) is 0 Å². The number of hydrogen-bond donors (Lipinski definition) is 1. The van der Waals surface area contributed by atoms with E-state index in [2.05, 4.69) is 6.07 Å². The highest BCUT2D eigenvalue weighted by Gasteiger charge is 2.49. The molecule has 33 heavy (non-hydrogen) atoms. The quantitative estimate of drug-likeness (QED) is 0.633. The third-order valence-corrected chi connectivity index (χ3v) is 5.95. The lowest BCUT2D eigenvalue weighted by Gasteiger charge is -2.33. The molecule has 6 heteroatoms. The first-order valence-electron chi connectivity index (χ1n) is 10.6. The van der Waals surface area contributed by atoms with Gasteiger partial charge < -0.3 is 5.73 Å². The van der Waals surface area contributed by atoms with Crippen LogP contribution in [0.3, 0.4) is 0 Å². The fraction of sp³-hybridized carbons (Fsp3) is 0.0741. The smallest absolute Gasteiger partial charge is 0.278 e. The number of carbonyl (C=O) groups is 2. The fourth-order valence-electron chi connectivity index (χ4n) is 4.45. The first-order valence-corrected chi connectivity index (χ1v) is 10.6. The van der Waals surface area contributed by atoms with E-state index in [1.807, 2.05) is 78.9 Å². The van der Waals surface area contributed by atoms with Gasteiger partial charge in [-0.25, -0.2) is 0 Å². The van der Waals surface area contributed by atoms with Crippen molar-refractivity contribution in [2.45, 2.75) is 12.5 Å². The summed E-state index contributed by atoms with van der Waals surface area (Å²) in [5.74, 6) is -1.40. The van der Waals surface area contributed by atoms with E-state index in [0.717, 1.165) is 11.1 Å². The lowest BCUT2D eigenvalue weighted by atomic mass is 9.81. The predicted octanol–water partition coefficient (Wildman–Crippen LogP) is 3.81. The zero-order valence-electron chi connectivity index (χ0n) is 17.7. The third-order valence-electron chi connectivity index (χ3n) is 5.95.